The van der Waals surface area contributed by atoms with Gasteiger partial charge in [0, 0.05) is 25.4 Å². The molecule has 6 fully saturated rings. The predicted molar refractivity (Wildman–Crippen MR) is 204 cm³/mol. The fraction of sp³-hybridized carbons (Fsp3) is 1.00. The Balaban J connectivity index is 1.10. The molecule has 21 unspecified atom stereocenters. The molecule has 0 spiro atoms. The summed E-state index contributed by atoms with van der Waals surface area (Å²) in [4.78, 5) is 0. The smallest absolute Gasteiger partial charge is 0.393 e. The third kappa shape index (κ3) is 8.79. The summed E-state index contributed by atoms with van der Waals surface area (Å²) >= 11 is 0. The molecule has 6 aliphatic rings. The number of aliphatic hydroxyl groups is 8. The Hall–Kier alpha value is -0.650. The molecule has 9 N–H and O–H groups in total. The highest BCUT2D eigenvalue weighted by Gasteiger charge is 2.72. The van der Waals surface area contributed by atoms with E-state index < -0.39 is 118 Å². The van der Waals surface area contributed by atoms with Gasteiger partial charge in [-0.15, -0.1) is 0 Å². The van der Waals surface area contributed by atoms with Crippen LogP contribution in [-0.4, -0.2) is 160 Å². The van der Waals surface area contributed by atoms with Crippen LogP contribution in [0.1, 0.15) is 92.4 Å². The molecule has 4 aliphatic carbocycles. The van der Waals surface area contributed by atoms with Crippen LogP contribution >= 0.6 is 0 Å². The zero-order chi connectivity index (χ0) is 42.7. The molecule has 4 saturated carbocycles. The number of hydrogen-bond acceptors (Lipinski definition) is 16. The first-order chi connectivity index (χ1) is 27.1. The van der Waals surface area contributed by atoms with Gasteiger partial charge >= 0.3 is 10.4 Å². The van der Waals surface area contributed by atoms with Gasteiger partial charge < -0.3 is 64.5 Å². The second kappa shape index (κ2) is 17.8. The van der Waals surface area contributed by atoms with Gasteiger partial charge in [-0.25, -0.2) is 4.18 Å². The zero-order valence-electron chi connectivity index (χ0n) is 34.7. The van der Waals surface area contributed by atoms with Crippen molar-refractivity contribution in [2.24, 2.45) is 52.3 Å². The van der Waals surface area contributed by atoms with Crippen LogP contribution < -0.4 is 0 Å². The molecule has 58 heavy (non-hydrogen) atoms. The molecule has 338 valence electrons. The average molecular weight is 855 g/mol. The SMILES string of the molecule is COC1C(OC2C(OCCC(CCC(C)C3CC(O)C4C3(C)CCC3C5(C)CCC(O)C(O)C5C(OS(=O)(=O)O)CC34O)C(C)C)OCC(O)C2O)OCC(O)C1O. The fourth-order valence-corrected chi connectivity index (χ4v) is 13.4. The van der Waals surface area contributed by atoms with E-state index in [0.717, 1.165) is 12.8 Å². The van der Waals surface area contributed by atoms with Crippen molar-refractivity contribution in [2.45, 2.75) is 172 Å². The van der Waals surface area contributed by atoms with Crippen molar-refractivity contribution in [1.29, 1.82) is 0 Å². The lowest BCUT2D eigenvalue weighted by Crippen LogP contribution is -2.71. The Bertz CT molecular complexity index is 1490. The van der Waals surface area contributed by atoms with Crippen LogP contribution in [0.2, 0.25) is 0 Å². The van der Waals surface area contributed by atoms with Crippen molar-refractivity contribution in [3.8, 4) is 0 Å². The summed E-state index contributed by atoms with van der Waals surface area (Å²) < 4.78 is 67.9. The number of methoxy groups -OCH3 is 1. The van der Waals surface area contributed by atoms with Crippen molar-refractivity contribution in [3.63, 3.8) is 0 Å². The van der Waals surface area contributed by atoms with Crippen molar-refractivity contribution in [3.05, 3.63) is 0 Å². The lowest BCUT2D eigenvalue weighted by Gasteiger charge is -2.66. The van der Waals surface area contributed by atoms with E-state index in [1.165, 1.54) is 7.11 Å². The Morgan fingerprint density at radius 2 is 1.40 bits per heavy atom. The zero-order valence-corrected chi connectivity index (χ0v) is 35.5. The molecule has 2 aliphatic heterocycles. The van der Waals surface area contributed by atoms with Crippen LogP contribution in [-0.2, 0) is 38.3 Å². The molecule has 0 radical (unpaired) electrons. The second-order valence-electron chi connectivity index (χ2n) is 19.4. The van der Waals surface area contributed by atoms with Gasteiger partial charge in [-0.3, -0.25) is 4.55 Å². The van der Waals surface area contributed by atoms with E-state index in [0.29, 0.717) is 32.1 Å². The van der Waals surface area contributed by atoms with Crippen molar-refractivity contribution in [1.82, 2.24) is 0 Å². The summed E-state index contributed by atoms with van der Waals surface area (Å²) in [6.45, 7) is 10.3. The van der Waals surface area contributed by atoms with Crippen molar-refractivity contribution >= 4 is 10.4 Å². The predicted octanol–water partition coefficient (Wildman–Crippen LogP) is 0.512. The molecule has 0 aromatic carbocycles. The highest BCUT2D eigenvalue weighted by Crippen LogP contribution is 2.70. The van der Waals surface area contributed by atoms with Gasteiger partial charge in [0.15, 0.2) is 12.6 Å². The van der Waals surface area contributed by atoms with Crippen LogP contribution in [0.25, 0.3) is 0 Å². The normalized spacial score (nSPS) is 49.5. The van der Waals surface area contributed by atoms with Crippen LogP contribution in [0.5, 0.6) is 0 Å². The summed E-state index contributed by atoms with van der Waals surface area (Å²) in [5.41, 5.74) is -2.88. The molecular weight excluding hydrogens is 784 g/mol. The minimum Gasteiger partial charge on any atom is -0.393 e. The van der Waals surface area contributed by atoms with Gasteiger partial charge in [-0.1, -0.05) is 41.0 Å². The summed E-state index contributed by atoms with van der Waals surface area (Å²) in [5.74, 6) is -1.19. The van der Waals surface area contributed by atoms with E-state index in [1.54, 1.807) is 0 Å². The molecule has 6 rings (SSSR count). The molecule has 0 bridgehead atoms. The van der Waals surface area contributed by atoms with E-state index in [1.807, 2.05) is 6.92 Å². The van der Waals surface area contributed by atoms with Crippen molar-refractivity contribution < 1.29 is 81.7 Å². The molecule has 0 aromatic heterocycles. The molecule has 0 aromatic rings. The summed E-state index contributed by atoms with van der Waals surface area (Å²) in [7, 11) is -3.64. The van der Waals surface area contributed by atoms with E-state index in [4.69, 9.17) is 27.9 Å². The van der Waals surface area contributed by atoms with Crippen LogP contribution in [0.15, 0.2) is 0 Å². The summed E-state index contributed by atoms with van der Waals surface area (Å²) in [5, 5.41) is 88.1. The van der Waals surface area contributed by atoms with E-state index >= 15 is 0 Å². The van der Waals surface area contributed by atoms with Gasteiger partial charge in [0.1, 0.15) is 36.6 Å². The molecule has 18 heteroatoms. The second-order valence-corrected chi connectivity index (χ2v) is 20.5. The molecule has 2 heterocycles. The number of aliphatic hydroxyl groups excluding tert-OH is 7. The number of hydrogen-bond donors (Lipinski definition) is 9. The van der Waals surface area contributed by atoms with Gasteiger partial charge in [0.05, 0.1) is 49.8 Å². The van der Waals surface area contributed by atoms with Gasteiger partial charge in [-0.05, 0) is 85.4 Å². The minimum atomic E-state index is -4.97. The quantitative estimate of drug-likeness (QED) is 0.108. The van der Waals surface area contributed by atoms with E-state index in [2.05, 4.69) is 27.7 Å². The maximum Gasteiger partial charge on any atom is 0.397 e. The Kier molecular flexibility index (Phi) is 14.4. The Labute approximate surface area is 342 Å². The number of ether oxygens (including phenoxy) is 5. The van der Waals surface area contributed by atoms with Crippen LogP contribution in [0, 0.1) is 52.3 Å². The fourth-order valence-electron chi connectivity index (χ4n) is 12.9. The van der Waals surface area contributed by atoms with Gasteiger partial charge in [0.2, 0.25) is 0 Å². The van der Waals surface area contributed by atoms with Crippen molar-refractivity contribution in [2.75, 3.05) is 26.9 Å². The average Bonchev–Trinajstić information content (AvgIpc) is 3.42. The molecule has 17 nitrogen and oxygen atoms in total. The largest absolute Gasteiger partial charge is 0.397 e. The summed E-state index contributed by atoms with van der Waals surface area (Å²) in [6, 6.07) is 0. The third-order valence-corrected chi connectivity index (χ3v) is 16.3. The standard InChI is InChI=1S/C40H70O17S/c1-19(2)21(11-14-53-36-34(32(47)26(44)17-54-36)56-37-33(52-6)31(46)25(43)18-55-37)8-7-20(3)22-15-24(42)35-38(22,4)13-10-28-39(5)12-9-23(41)30(45)29(39)27(16-40(28,35)48)57-58(49,50)51/h19-37,41-48H,7-18H2,1-6H3,(H,49,50,51). The summed E-state index contributed by atoms with van der Waals surface area (Å²) in [6.07, 6.45) is -9.64. The molecule has 2 saturated heterocycles. The highest BCUT2D eigenvalue weighted by atomic mass is 32.3. The Morgan fingerprint density at radius 3 is 2.02 bits per heavy atom. The first-order valence-corrected chi connectivity index (χ1v) is 22.6. The van der Waals surface area contributed by atoms with Crippen LogP contribution in [0.4, 0.5) is 0 Å². The maximum atomic E-state index is 12.8. The third-order valence-electron chi connectivity index (χ3n) is 15.8. The van der Waals surface area contributed by atoms with Gasteiger partial charge in [0.25, 0.3) is 0 Å². The van der Waals surface area contributed by atoms with E-state index in [-0.39, 0.29) is 56.3 Å². The van der Waals surface area contributed by atoms with Gasteiger partial charge in [-0.2, -0.15) is 8.42 Å². The first-order valence-electron chi connectivity index (χ1n) is 21.2. The Morgan fingerprint density at radius 1 is 0.776 bits per heavy atom. The maximum absolute atomic E-state index is 12.8. The monoisotopic (exact) mass is 854 g/mol. The topological polar surface area (TPSA) is 272 Å². The van der Waals surface area contributed by atoms with E-state index in [9.17, 15) is 53.8 Å². The highest BCUT2D eigenvalue weighted by molar-refractivity contribution is 7.80. The first kappa shape index (κ1) is 46.8. The minimum absolute atomic E-state index is 0.0332. The molecular formula is C40H70O17S. The molecule has 0 amide bonds. The lowest BCUT2D eigenvalue weighted by molar-refractivity contribution is -0.345. The lowest BCUT2D eigenvalue weighted by atomic mass is 9.41. The molecule has 21 atom stereocenters. The number of fused-ring (bicyclic) bond motifs is 5. The van der Waals surface area contributed by atoms with Crippen LogP contribution in [0.3, 0.4) is 0 Å². The number of rotatable bonds is 14.